The zero-order valence-corrected chi connectivity index (χ0v) is 19.0. The van der Waals surface area contributed by atoms with Gasteiger partial charge in [-0.1, -0.05) is 35.9 Å². The number of anilines is 1. The Labute approximate surface area is 188 Å². The molecule has 1 N–H and O–H groups in total. The van der Waals surface area contributed by atoms with Gasteiger partial charge in [-0.2, -0.15) is 0 Å². The van der Waals surface area contributed by atoms with E-state index >= 15 is 0 Å². The highest BCUT2D eigenvalue weighted by Crippen LogP contribution is 2.24. The van der Waals surface area contributed by atoms with E-state index in [1.165, 1.54) is 5.56 Å². The Hall–Kier alpha value is -2.67. The van der Waals surface area contributed by atoms with E-state index in [-0.39, 0.29) is 18.1 Å². The van der Waals surface area contributed by atoms with E-state index in [1.54, 1.807) is 11.8 Å². The lowest BCUT2D eigenvalue weighted by Gasteiger charge is -2.36. The Kier molecular flexibility index (Phi) is 6.70. The van der Waals surface area contributed by atoms with Gasteiger partial charge in [0.2, 0.25) is 0 Å². The number of likely N-dealkylation sites (tertiary alicyclic amines) is 1. The monoisotopic (exact) mass is 438 g/mol. The number of amides is 4. The summed E-state index contributed by atoms with van der Waals surface area (Å²) >= 11 is 1.65. The largest absolute Gasteiger partial charge is 0.324 e. The number of carbonyl (C=O) groups excluding carboxylic acids is 2. The van der Waals surface area contributed by atoms with Crippen LogP contribution in [-0.4, -0.2) is 65.2 Å². The van der Waals surface area contributed by atoms with Crippen molar-refractivity contribution in [1.82, 2.24) is 14.7 Å². The number of nitrogens with zero attached hydrogens (tertiary/aromatic N) is 3. The summed E-state index contributed by atoms with van der Waals surface area (Å²) in [7, 11) is 0. The summed E-state index contributed by atoms with van der Waals surface area (Å²) in [5.41, 5.74) is 3.21. The first-order valence-electron chi connectivity index (χ1n) is 10.8. The maximum Gasteiger partial charge on any atom is 0.321 e. The van der Waals surface area contributed by atoms with E-state index in [1.807, 2.05) is 45.2 Å². The first-order valence-corrected chi connectivity index (χ1v) is 12.1. The molecule has 6 nitrogen and oxygen atoms in total. The molecule has 7 heteroatoms. The molecule has 0 atom stereocenters. The molecule has 2 fully saturated rings. The second kappa shape index (κ2) is 9.64. The third-order valence-electron chi connectivity index (χ3n) is 6.13. The van der Waals surface area contributed by atoms with E-state index in [9.17, 15) is 9.59 Å². The average molecular weight is 439 g/mol. The van der Waals surface area contributed by atoms with Gasteiger partial charge in [-0.3, -0.25) is 0 Å². The van der Waals surface area contributed by atoms with Crippen molar-refractivity contribution in [3.63, 3.8) is 0 Å². The van der Waals surface area contributed by atoms with Crippen molar-refractivity contribution in [3.05, 3.63) is 59.7 Å². The van der Waals surface area contributed by atoms with Crippen LogP contribution in [0.1, 0.15) is 24.0 Å². The van der Waals surface area contributed by atoms with Gasteiger partial charge in [0.05, 0.1) is 0 Å². The number of rotatable bonds is 5. The fourth-order valence-electron chi connectivity index (χ4n) is 4.28. The molecule has 2 aromatic rings. The highest BCUT2D eigenvalue weighted by atomic mass is 32.2. The first kappa shape index (κ1) is 21.6. The molecule has 0 radical (unpaired) electrons. The van der Waals surface area contributed by atoms with Gasteiger partial charge in [-0.15, -0.1) is 11.8 Å². The quantitative estimate of drug-likeness (QED) is 0.692. The number of aryl methyl sites for hydroxylation is 1. The third kappa shape index (κ3) is 5.15. The van der Waals surface area contributed by atoms with Crippen LogP contribution in [0.3, 0.4) is 0 Å². The van der Waals surface area contributed by atoms with Crippen molar-refractivity contribution in [2.24, 2.45) is 0 Å². The molecule has 164 valence electrons. The van der Waals surface area contributed by atoms with Crippen LogP contribution in [-0.2, 0) is 6.54 Å². The predicted molar refractivity (Wildman–Crippen MR) is 126 cm³/mol. The molecule has 0 unspecified atom stereocenters. The van der Waals surface area contributed by atoms with Gasteiger partial charge in [0.25, 0.3) is 0 Å². The van der Waals surface area contributed by atoms with Crippen molar-refractivity contribution in [3.8, 4) is 0 Å². The van der Waals surface area contributed by atoms with Crippen LogP contribution >= 0.6 is 11.8 Å². The maximum atomic E-state index is 13.0. The molecule has 2 aliphatic heterocycles. The van der Waals surface area contributed by atoms with Gasteiger partial charge in [-0.05, 0) is 49.8 Å². The Morgan fingerprint density at radius 3 is 2.52 bits per heavy atom. The van der Waals surface area contributed by atoms with Crippen molar-refractivity contribution in [1.29, 1.82) is 0 Å². The van der Waals surface area contributed by atoms with Crippen molar-refractivity contribution >= 4 is 29.5 Å². The summed E-state index contributed by atoms with van der Waals surface area (Å²) in [5, 5.41) is 3.00. The van der Waals surface area contributed by atoms with Crippen LogP contribution in [0.25, 0.3) is 0 Å². The highest BCUT2D eigenvalue weighted by Gasteiger charge is 2.35. The number of benzene rings is 2. The molecule has 0 aliphatic carbocycles. The second-order valence-electron chi connectivity index (χ2n) is 8.26. The molecular formula is C24H30N4O2S. The normalized spacial score (nSPS) is 17.4. The maximum absolute atomic E-state index is 13.0. The number of hydrogen-bond acceptors (Lipinski definition) is 3. The van der Waals surface area contributed by atoms with E-state index in [0.717, 1.165) is 42.1 Å². The molecular weight excluding hydrogens is 408 g/mol. The standard InChI is InChI=1S/C24H30N4O2S/c1-18-6-8-19(9-7-18)17-27-14-15-28(24(27)30)21-10-12-26(13-11-21)23(29)25-20-4-3-5-22(16-20)31-2/h3-9,16,21H,10-15,17H2,1-2H3,(H,25,29). The molecule has 4 amide bonds. The van der Waals surface area contributed by atoms with Crippen molar-refractivity contribution in [2.75, 3.05) is 37.8 Å². The van der Waals surface area contributed by atoms with Crippen LogP contribution in [0.2, 0.25) is 0 Å². The van der Waals surface area contributed by atoms with E-state index < -0.39 is 0 Å². The van der Waals surface area contributed by atoms with Crippen molar-refractivity contribution < 1.29 is 9.59 Å². The Balaban J connectivity index is 1.28. The number of piperidine rings is 1. The first-order chi connectivity index (χ1) is 15.0. The number of urea groups is 2. The van der Waals surface area contributed by atoms with E-state index in [4.69, 9.17) is 0 Å². The van der Waals surface area contributed by atoms with Crippen LogP contribution in [0.4, 0.5) is 15.3 Å². The van der Waals surface area contributed by atoms with Gasteiger partial charge in [0.15, 0.2) is 0 Å². The smallest absolute Gasteiger partial charge is 0.321 e. The summed E-state index contributed by atoms with van der Waals surface area (Å²) in [4.78, 5) is 32.5. The minimum Gasteiger partial charge on any atom is -0.324 e. The molecule has 0 bridgehead atoms. The summed E-state index contributed by atoms with van der Waals surface area (Å²) in [5.74, 6) is 0. The van der Waals surface area contributed by atoms with E-state index in [0.29, 0.717) is 19.6 Å². The number of carbonyl (C=O) groups is 2. The highest BCUT2D eigenvalue weighted by molar-refractivity contribution is 7.98. The fraction of sp³-hybridized carbons (Fsp3) is 0.417. The molecule has 31 heavy (non-hydrogen) atoms. The van der Waals surface area contributed by atoms with Crippen LogP contribution in [0, 0.1) is 6.92 Å². The predicted octanol–water partition coefficient (Wildman–Crippen LogP) is 4.65. The molecule has 2 heterocycles. The summed E-state index contributed by atoms with van der Waals surface area (Å²) < 4.78 is 0. The molecule has 2 saturated heterocycles. The summed E-state index contributed by atoms with van der Waals surface area (Å²) in [6.07, 6.45) is 3.66. The molecule has 0 saturated carbocycles. The zero-order valence-electron chi connectivity index (χ0n) is 18.2. The Morgan fingerprint density at radius 1 is 1.06 bits per heavy atom. The number of nitrogens with one attached hydrogen (secondary N) is 1. The van der Waals surface area contributed by atoms with Gasteiger partial charge in [-0.25, -0.2) is 9.59 Å². The van der Waals surface area contributed by atoms with Crippen LogP contribution in [0.5, 0.6) is 0 Å². The second-order valence-corrected chi connectivity index (χ2v) is 9.14. The van der Waals surface area contributed by atoms with Crippen molar-refractivity contribution in [2.45, 2.75) is 37.2 Å². The lowest BCUT2D eigenvalue weighted by atomic mass is 10.0. The minimum absolute atomic E-state index is 0.0644. The topological polar surface area (TPSA) is 55.9 Å². The van der Waals surface area contributed by atoms with Gasteiger partial charge in [0, 0.05) is 49.3 Å². The number of thioether (sulfide) groups is 1. The molecule has 2 aliphatic rings. The van der Waals surface area contributed by atoms with Crippen LogP contribution < -0.4 is 5.32 Å². The lowest BCUT2D eigenvalue weighted by Crippen LogP contribution is -2.49. The summed E-state index contributed by atoms with van der Waals surface area (Å²) in [6.45, 7) is 5.59. The summed E-state index contributed by atoms with van der Waals surface area (Å²) in [6, 6.07) is 16.5. The number of hydrogen-bond donors (Lipinski definition) is 1. The fourth-order valence-corrected chi connectivity index (χ4v) is 4.74. The van der Waals surface area contributed by atoms with E-state index in [2.05, 4.69) is 36.5 Å². The lowest BCUT2D eigenvalue weighted by molar-refractivity contribution is 0.139. The Bertz CT molecular complexity index is 925. The Morgan fingerprint density at radius 2 is 1.81 bits per heavy atom. The molecule has 2 aromatic carbocycles. The van der Waals surface area contributed by atoms with Gasteiger partial charge >= 0.3 is 12.1 Å². The molecule has 4 rings (SSSR count). The average Bonchev–Trinajstić information content (AvgIpc) is 3.15. The van der Waals surface area contributed by atoms with Crippen LogP contribution in [0.15, 0.2) is 53.4 Å². The van der Waals surface area contributed by atoms with Gasteiger partial charge < -0.3 is 20.0 Å². The third-order valence-corrected chi connectivity index (χ3v) is 6.86. The molecule has 0 spiro atoms. The molecule has 0 aromatic heterocycles. The SMILES string of the molecule is CSc1cccc(NC(=O)N2CCC(N3CCN(Cc4ccc(C)cc4)C3=O)CC2)c1. The van der Waals surface area contributed by atoms with Gasteiger partial charge in [0.1, 0.15) is 0 Å². The minimum atomic E-state index is -0.0644. The zero-order chi connectivity index (χ0) is 21.8.